The number of piperidine rings is 1. The van der Waals surface area contributed by atoms with E-state index in [0.717, 1.165) is 24.8 Å². The predicted molar refractivity (Wildman–Crippen MR) is 281 cm³/mol. The number of aliphatic hydroxyl groups is 3. The van der Waals surface area contributed by atoms with Gasteiger partial charge < -0.3 is 50.5 Å². The molecule has 6 rings (SSSR count). The molecule has 5 heterocycles. The van der Waals surface area contributed by atoms with Crippen LogP contribution >= 0.6 is 0 Å². The first-order valence-electron chi connectivity index (χ1n) is 27.1. The number of pyridine rings is 1. The zero-order valence-electron chi connectivity index (χ0n) is 45.0. The third kappa shape index (κ3) is 14.7. The number of ketones is 1. The van der Waals surface area contributed by atoms with Crippen molar-refractivity contribution in [1.29, 1.82) is 0 Å². The number of fused-ring (bicyclic) bond motifs is 2. The summed E-state index contributed by atoms with van der Waals surface area (Å²) < 4.78 is 12.9. The Kier molecular flexibility index (Phi) is 20.7. The normalized spacial score (nSPS) is 34.2. The van der Waals surface area contributed by atoms with Crippen molar-refractivity contribution in [1.82, 2.24) is 31.4 Å². The number of hydrogen-bond donors (Lipinski definition) is 8. The van der Waals surface area contributed by atoms with E-state index in [4.69, 9.17) is 9.47 Å². The maximum absolute atomic E-state index is 14.5. The highest BCUT2D eigenvalue weighted by Crippen LogP contribution is 2.54. The molecule has 8 N–H and O–H groups in total. The molecule has 1 aromatic heterocycles. The fourth-order valence-electron chi connectivity index (χ4n) is 10.9. The molecule has 3 fully saturated rings. The fraction of sp³-hybridized carbons (Fsp3) is 0.632. The number of ether oxygens (including phenoxy) is 2. The molecular weight excluding hydrogens is 961 g/mol. The smallest absolute Gasteiger partial charge is 0.325 e. The Labute approximate surface area is 441 Å². The van der Waals surface area contributed by atoms with Gasteiger partial charge in [-0.05, 0) is 94.3 Å². The number of nitrogens with one attached hydrogen (secondary N) is 5. The Morgan fingerprint density at radius 2 is 1.76 bits per heavy atom. The van der Waals surface area contributed by atoms with Gasteiger partial charge in [-0.25, -0.2) is 5.43 Å². The number of hydrogen-bond acceptors (Lipinski definition) is 13. The van der Waals surface area contributed by atoms with Crippen LogP contribution < -0.4 is 26.9 Å². The summed E-state index contributed by atoms with van der Waals surface area (Å²) in [7, 11) is 0. The summed E-state index contributed by atoms with van der Waals surface area (Å²) in [5.41, 5.74) is 3.64. The highest BCUT2D eigenvalue weighted by Gasteiger charge is 2.60. The molecule has 2 saturated heterocycles. The molecule has 18 nitrogen and oxygen atoms in total. The molecule has 18 heteroatoms. The van der Waals surface area contributed by atoms with Crippen LogP contribution in [0.25, 0.3) is 0 Å². The van der Waals surface area contributed by atoms with E-state index in [9.17, 15) is 48.9 Å². The van der Waals surface area contributed by atoms with E-state index in [0.29, 0.717) is 37.7 Å². The summed E-state index contributed by atoms with van der Waals surface area (Å²) in [6, 6.07) is 0.477. The summed E-state index contributed by atoms with van der Waals surface area (Å²) in [6.07, 6.45) is 15.3. The van der Waals surface area contributed by atoms with Crippen molar-refractivity contribution in [2.24, 2.45) is 41.4 Å². The molecule has 1 aromatic rings. The predicted octanol–water partition coefficient (Wildman–Crippen LogP) is 4.83. The fourth-order valence-corrected chi connectivity index (χ4v) is 10.9. The lowest BCUT2D eigenvalue weighted by atomic mass is 9.62. The summed E-state index contributed by atoms with van der Waals surface area (Å²) >= 11 is 0. The van der Waals surface area contributed by atoms with E-state index in [-0.39, 0.29) is 73.0 Å². The van der Waals surface area contributed by atoms with Crippen molar-refractivity contribution >= 4 is 35.4 Å². The zero-order valence-corrected chi connectivity index (χ0v) is 45.0. The average molecular weight is 1040 g/mol. The standard InChI is InChI=1S/C57H82N6O12/c1-9-38-29-40-30-39-28-35(6)47(75-57(39,40)61-52(38)69)31-45(66)33(4)18-12-10-13-19-34(5)46-23-15-11-14-22-44(65)37(8)51(68)41(26-25-36(7)64)53(70)59-49(32(2)3)54(71)60-50(42-20-16-24-48(67)58-42)55(72)63-27-17-21-43(62-63)56(73)74-46/h10-11,13-16,19-20,22,24,28,32-33,35,37-38,40-41,43-47,49-51,62,65-66,68H,9,12,17-18,21,23,25-27,29-31H2,1-8H3,(H,58,67)(H,59,70)(H,60,71)(H,61,69)/b13-10+,15-11+,22-14+,34-19+/t33-,35+,37-,38-,40+,41+,43?,44-,45-,46-,47-,49-,50?,51+,57-/m0/s1. The second kappa shape index (κ2) is 26.5. The number of H-pyrrole nitrogens is 1. The van der Waals surface area contributed by atoms with E-state index >= 15 is 0 Å². The Balaban J connectivity index is 1.18. The minimum Gasteiger partial charge on any atom is -0.456 e. The highest BCUT2D eigenvalue weighted by molar-refractivity contribution is 5.93. The molecule has 15 atom stereocenters. The minimum absolute atomic E-state index is 0.00149. The molecular formula is C57H82N6O12. The third-order valence-corrected chi connectivity index (χ3v) is 16.0. The van der Waals surface area contributed by atoms with Crippen LogP contribution in [0.15, 0.2) is 82.7 Å². The van der Waals surface area contributed by atoms with Gasteiger partial charge in [-0.3, -0.25) is 33.8 Å². The number of allylic oxidation sites excluding steroid dienone is 5. The Morgan fingerprint density at radius 1 is 1.00 bits per heavy atom. The van der Waals surface area contributed by atoms with Gasteiger partial charge in [-0.15, -0.1) is 0 Å². The van der Waals surface area contributed by atoms with Gasteiger partial charge in [-0.2, -0.15) is 0 Å². The largest absolute Gasteiger partial charge is 0.456 e. The number of esters is 1. The lowest BCUT2D eigenvalue weighted by Gasteiger charge is -2.59. The van der Waals surface area contributed by atoms with Crippen LogP contribution in [0.3, 0.4) is 0 Å². The van der Waals surface area contributed by atoms with Crippen LogP contribution in [-0.2, 0) is 38.2 Å². The van der Waals surface area contributed by atoms with E-state index in [1.165, 1.54) is 36.2 Å². The Hall–Kier alpha value is -5.53. The van der Waals surface area contributed by atoms with Crippen LogP contribution in [0.1, 0.15) is 138 Å². The molecule has 412 valence electrons. The van der Waals surface area contributed by atoms with Gasteiger partial charge in [0.25, 0.3) is 5.91 Å². The lowest BCUT2D eigenvalue weighted by molar-refractivity contribution is -0.205. The molecule has 2 unspecified atom stereocenters. The van der Waals surface area contributed by atoms with Gasteiger partial charge in [0.05, 0.1) is 36.0 Å². The van der Waals surface area contributed by atoms with Crippen molar-refractivity contribution < 1.29 is 53.6 Å². The molecule has 1 spiro atoms. The molecule has 1 aliphatic carbocycles. The van der Waals surface area contributed by atoms with Gasteiger partial charge >= 0.3 is 5.97 Å². The van der Waals surface area contributed by atoms with Crippen molar-refractivity contribution in [3.8, 4) is 0 Å². The van der Waals surface area contributed by atoms with Crippen molar-refractivity contribution in [3.05, 3.63) is 94.0 Å². The third-order valence-electron chi connectivity index (χ3n) is 16.0. The lowest BCUT2D eigenvalue weighted by Crippen LogP contribution is -2.70. The molecule has 4 amide bonds. The monoisotopic (exact) mass is 1040 g/mol. The number of rotatable bonds is 14. The van der Waals surface area contributed by atoms with Crippen LogP contribution in [0.5, 0.6) is 0 Å². The van der Waals surface area contributed by atoms with Gasteiger partial charge in [0.1, 0.15) is 30.0 Å². The van der Waals surface area contributed by atoms with Gasteiger partial charge in [0, 0.05) is 55.5 Å². The molecule has 5 aliphatic rings. The first kappa shape index (κ1) is 58.7. The van der Waals surface area contributed by atoms with E-state index < -0.39 is 95.3 Å². The number of aromatic nitrogens is 1. The number of carbonyl (C=O) groups is 6. The SMILES string of the molecule is CC[C@H]1C[C@@H]2CC3=C[C@@H](C)[C@H](C[C@H](O)[C@@H](C)CC/C=C/C=C(\C)[C@@H]4C/C=C/C=C/[C@H](O)[C@H](C)[C@@H](O)[C@@H](CCC(C)=O)C(=O)N[C@@H](C(C)C)C(=O)NC(c5cccc(=O)[nH]5)C(=O)N5CCCC(N5)C(=O)O4)O[C@@]32NC1=O. The first-order valence-corrected chi connectivity index (χ1v) is 27.1. The highest BCUT2D eigenvalue weighted by atomic mass is 16.5. The number of amides is 4. The molecule has 4 aliphatic heterocycles. The maximum Gasteiger partial charge on any atom is 0.325 e. The summed E-state index contributed by atoms with van der Waals surface area (Å²) in [6.45, 7) is 14.4. The number of nitrogens with zero attached hydrogens (tertiary/aromatic N) is 1. The van der Waals surface area contributed by atoms with E-state index in [2.05, 4.69) is 39.4 Å². The molecule has 0 aromatic carbocycles. The van der Waals surface area contributed by atoms with Gasteiger partial charge in [0.15, 0.2) is 5.72 Å². The number of aliphatic hydroxyl groups excluding tert-OH is 3. The number of Topliss-reactive ketones (excluding diaryl/α,β-unsaturated/α-hetero) is 1. The Bertz CT molecular complexity index is 2430. The topological polar surface area (TPSA) is 266 Å². The van der Waals surface area contributed by atoms with Crippen molar-refractivity contribution in [3.63, 3.8) is 0 Å². The molecule has 75 heavy (non-hydrogen) atoms. The number of cyclic esters (lactones) is 1. The molecule has 0 radical (unpaired) electrons. The van der Waals surface area contributed by atoms with Crippen LogP contribution in [0.4, 0.5) is 0 Å². The second-order valence-corrected chi connectivity index (χ2v) is 22.0. The second-order valence-electron chi connectivity index (χ2n) is 22.0. The van der Waals surface area contributed by atoms with Crippen LogP contribution in [0, 0.1) is 41.4 Å². The molecule has 2 bridgehead atoms. The summed E-state index contributed by atoms with van der Waals surface area (Å²) in [4.78, 5) is 96.9. The number of carbonyl (C=O) groups excluding carboxylic acids is 6. The maximum atomic E-state index is 14.5. The summed E-state index contributed by atoms with van der Waals surface area (Å²) in [5.74, 6) is -5.33. The van der Waals surface area contributed by atoms with E-state index in [1.54, 1.807) is 39.0 Å². The van der Waals surface area contributed by atoms with Crippen molar-refractivity contribution in [2.75, 3.05) is 6.54 Å². The van der Waals surface area contributed by atoms with Gasteiger partial charge in [0.2, 0.25) is 23.3 Å². The van der Waals surface area contributed by atoms with Crippen molar-refractivity contribution in [2.45, 2.75) is 180 Å². The van der Waals surface area contributed by atoms with Gasteiger partial charge in [-0.1, -0.05) is 96.2 Å². The molecule has 1 saturated carbocycles. The summed E-state index contributed by atoms with van der Waals surface area (Å²) in [5, 5.41) is 44.0. The average Bonchev–Trinajstić information content (AvgIpc) is 3.37. The number of hydrazine groups is 1. The van der Waals surface area contributed by atoms with Crippen LogP contribution in [0.2, 0.25) is 0 Å². The number of aromatic amines is 1. The zero-order chi connectivity index (χ0) is 54.7. The van der Waals surface area contributed by atoms with E-state index in [1.807, 2.05) is 39.0 Å². The minimum atomic E-state index is -1.47. The Morgan fingerprint density at radius 3 is 2.47 bits per heavy atom. The van der Waals surface area contributed by atoms with Crippen LogP contribution in [-0.4, -0.2) is 116 Å². The first-order chi connectivity index (χ1) is 35.6. The quantitative estimate of drug-likeness (QED) is 0.0706.